The SMILES string of the molecule is CC(O)(c1ccncc1)c1ccn(CC(F)(F)F)n1.[2H]C(C)(c1ccncc1)c1ccn(CC(F)(F)F)n1. The van der Waals surface area contributed by atoms with Crippen LogP contribution >= 0.6 is 0 Å². The number of hydrogen-bond acceptors (Lipinski definition) is 5. The average Bonchev–Trinajstić information content (AvgIpc) is 3.49. The van der Waals surface area contributed by atoms with Crippen molar-refractivity contribution in [1.82, 2.24) is 29.5 Å². The molecule has 198 valence electrons. The van der Waals surface area contributed by atoms with Gasteiger partial charge in [-0.15, -0.1) is 0 Å². The van der Waals surface area contributed by atoms with Gasteiger partial charge in [0.2, 0.25) is 0 Å². The standard InChI is InChI=1S/C12H12F3N3O.C12H12F3N3/c1-11(19,9-2-5-16-6-3-9)10-4-7-18(17-10)8-12(13,14)15;1-9(10-2-5-16-6-3-10)11-4-7-18(17-11)8-12(13,14)15/h2-7,19H,8H2,1H3;2-7,9H,8H2,1H3/i;9D. The highest BCUT2D eigenvalue weighted by Crippen LogP contribution is 2.28. The van der Waals surface area contributed by atoms with E-state index in [-0.39, 0.29) is 11.4 Å². The highest BCUT2D eigenvalue weighted by molar-refractivity contribution is 5.28. The summed E-state index contributed by atoms with van der Waals surface area (Å²) < 4.78 is 83.3. The van der Waals surface area contributed by atoms with E-state index < -0.39 is 36.9 Å². The molecule has 37 heavy (non-hydrogen) atoms. The third kappa shape index (κ3) is 8.13. The van der Waals surface area contributed by atoms with Crippen LogP contribution in [0, 0.1) is 0 Å². The molecule has 4 heterocycles. The molecule has 0 bridgehead atoms. The Morgan fingerprint density at radius 1 is 0.811 bits per heavy atom. The van der Waals surface area contributed by atoms with E-state index >= 15 is 0 Å². The Morgan fingerprint density at radius 3 is 1.84 bits per heavy atom. The Bertz CT molecular complexity index is 1200. The molecule has 4 rings (SSSR count). The maximum atomic E-state index is 12.3. The van der Waals surface area contributed by atoms with Crippen LogP contribution in [0.15, 0.2) is 73.6 Å². The van der Waals surface area contributed by atoms with E-state index in [1.165, 1.54) is 56.2 Å². The Balaban J connectivity index is 0.000000211. The van der Waals surface area contributed by atoms with Gasteiger partial charge < -0.3 is 5.11 Å². The third-order valence-corrected chi connectivity index (χ3v) is 5.20. The number of alkyl halides is 6. The van der Waals surface area contributed by atoms with Crippen LogP contribution in [-0.2, 0) is 18.7 Å². The zero-order chi connectivity index (χ0) is 28.2. The fourth-order valence-corrected chi connectivity index (χ4v) is 3.30. The van der Waals surface area contributed by atoms with Crippen molar-refractivity contribution in [2.75, 3.05) is 0 Å². The fourth-order valence-electron chi connectivity index (χ4n) is 3.30. The van der Waals surface area contributed by atoms with E-state index in [0.29, 0.717) is 11.1 Å². The molecule has 2 atom stereocenters. The number of aliphatic hydroxyl groups is 1. The van der Waals surface area contributed by atoms with Crippen molar-refractivity contribution in [3.05, 3.63) is 96.1 Å². The second-order valence-corrected chi connectivity index (χ2v) is 8.20. The van der Waals surface area contributed by atoms with E-state index in [9.17, 15) is 31.4 Å². The van der Waals surface area contributed by atoms with Crippen LogP contribution in [-0.4, -0.2) is 47.0 Å². The van der Waals surface area contributed by atoms with E-state index in [4.69, 9.17) is 1.37 Å². The minimum absolute atomic E-state index is 0.156. The first-order valence-corrected chi connectivity index (χ1v) is 10.8. The molecular weight excluding hydrogens is 502 g/mol. The first-order valence-electron chi connectivity index (χ1n) is 11.3. The summed E-state index contributed by atoms with van der Waals surface area (Å²) in [6.07, 6.45) is -0.170. The van der Waals surface area contributed by atoms with Gasteiger partial charge in [0.05, 0.1) is 11.4 Å². The average molecular weight is 527 g/mol. The maximum absolute atomic E-state index is 12.3. The first kappa shape index (κ1) is 26.3. The van der Waals surface area contributed by atoms with Crippen LogP contribution in [0.3, 0.4) is 0 Å². The second-order valence-electron chi connectivity index (χ2n) is 8.20. The van der Waals surface area contributed by atoms with Gasteiger partial charge in [0.15, 0.2) is 0 Å². The van der Waals surface area contributed by atoms with Crippen LogP contribution in [0.5, 0.6) is 0 Å². The second kappa shape index (κ2) is 11.1. The number of nitrogens with zero attached hydrogens (tertiary/aromatic N) is 6. The predicted molar refractivity (Wildman–Crippen MR) is 121 cm³/mol. The minimum atomic E-state index is -4.34. The van der Waals surface area contributed by atoms with E-state index in [1.54, 1.807) is 31.2 Å². The van der Waals surface area contributed by atoms with Gasteiger partial charge in [0.25, 0.3) is 0 Å². The van der Waals surface area contributed by atoms with Crippen molar-refractivity contribution < 1.29 is 32.8 Å². The predicted octanol–water partition coefficient (Wildman–Crippen LogP) is 5.09. The van der Waals surface area contributed by atoms with Gasteiger partial charge in [-0.05, 0) is 54.4 Å². The maximum Gasteiger partial charge on any atom is 0.408 e. The number of halogens is 6. The first-order chi connectivity index (χ1) is 17.6. The van der Waals surface area contributed by atoms with Crippen LogP contribution in [0.25, 0.3) is 0 Å². The minimum Gasteiger partial charge on any atom is -0.379 e. The van der Waals surface area contributed by atoms with Gasteiger partial charge >= 0.3 is 12.4 Å². The van der Waals surface area contributed by atoms with Gasteiger partial charge in [0, 0.05) is 44.4 Å². The molecule has 2 unspecified atom stereocenters. The summed E-state index contributed by atoms with van der Waals surface area (Å²) in [5.74, 6) is -1.21. The Kier molecular flexibility index (Phi) is 7.91. The number of pyridine rings is 2. The van der Waals surface area contributed by atoms with E-state index in [2.05, 4.69) is 20.2 Å². The quantitative estimate of drug-likeness (QED) is 0.354. The lowest BCUT2D eigenvalue weighted by atomic mass is 9.94. The summed E-state index contributed by atoms with van der Waals surface area (Å²) in [4.78, 5) is 7.67. The third-order valence-electron chi connectivity index (χ3n) is 5.20. The van der Waals surface area contributed by atoms with Gasteiger partial charge in [-0.25, -0.2) is 0 Å². The molecule has 0 saturated heterocycles. The Morgan fingerprint density at radius 2 is 1.30 bits per heavy atom. The van der Waals surface area contributed by atoms with Crippen molar-refractivity contribution >= 4 is 0 Å². The van der Waals surface area contributed by atoms with Crippen LogP contribution < -0.4 is 0 Å². The van der Waals surface area contributed by atoms with Crippen LogP contribution in [0.1, 0.15) is 43.6 Å². The van der Waals surface area contributed by atoms with Gasteiger partial charge in [-0.1, -0.05) is 6.92 Å². The summed E-state index contributed by atoms with van der Waals surface area (Å²) in [5, 5.41) is 18.0. The molecule has 0 spiro atoms. The molecule has 4 aromatic heterocycles. The molecule has 0 amide bonds. The van der Waals surface area contributed by atoms with Crippen LogP contribution in [0.4, 0.5) is 26.3 Å². The fraction of sp³-hybridized carbons (Fsp3) is 0.333. The normalized spacial score (nSPS) is 15.6. The lowest BCUT2D eigenvalue weighted by Crippen LogP contribution is -2.25. The molecule has 7 nitrogen and oxygen atoms in total. The lowest BCUT2D eigenvalue weighted by Gasteiger charge is -2.21. The molecule has 0 aromatic carbocycles. The number of rotatable bonds is 6. The molecule has 1 N–H and O–H groups in total. The zero-order valence-electron chi connectivity index (χ0n) is 20.7. The Hall–Kier alpha value is -3.74. The molecule has 0 saturated carbocycles. The molecule has 0 aliphatic carbocycles. The smallest absolute Gasteiger partial charge is 0.379 e. The topological polar surface area (TPSA) is 81.7 Å². The molecule has 13 heteroatoms. The van der Waals surface area contributed by atoms with Crippen molar-refractivity contribution in [3.63, 3.8) is 0 Å². The molecular formula is C24H24F6N6O. The number of aromatic nitrogens is 6. The molecule has 0 aliphatic rings. The molecule has 0 radical (unpaired) electrons. The largest absolute Gasteiger partial charge is 0.408 e. The van der Waals surface area contributed by atoms with Crippen molar-refractivity contribution in [3.8, 4) is 0 Å². The van der Waals surface area contributed by atoms with Gasteiger partial charge in [-0.2, -0.15) is 36.5 Å². The van der Waals surface area contributed by atoms with Crippen molar-refractivity contribution in [1.29, 1.82) is 0 Å². The summed E-state index contributed by atoms with van der Waals surface area (Å²) in [6, 6.07) is 9.27. The summed E-state index contributed by atoms with van der Waals surface area (Å²) >= 11 is 0. The highest BCUT2D eigenvalue weighted by atomic mass is 19.4. The van der Waals surface area contributed by atoms with Crippen molar-refractivity contribution in [2.45, 2.75) is 50.8 Å². The zero-order valence-corrected chi connectivity index (χ0v) is 19.7. The summed E-state index contributed by atoms with van der Waals surface area (Å²) in [5.41, 5.74) is 0.102. The monoisotopic (exact) mass is 527 g/mol. The van der Waals surface area contributed by atoms with Gasteiger partial charge in [-0.3, -0.25) is 19.3 Å². The molecule has 4 aromatic rings. The van der Waals surface area contributed by atoms with E-state index in [0.717, 1.165) is 9.36 Å². The van der Waals surface area contributed by atoms with E-state index in [1.807, 2.05) is 0 Å². The Labute approximate surface area is 209 Å². The van der Waals surface area contributed by atoms with Crippen molar-refractivity contribution in [2.24, 2.45) is 0 Å². The highest BCUT2D eigenvalue weighted by Gasteiger charge is 2.32. The number of hydrogen-bond donors (Lipinski definition) is 1. The lowest BCUT2D eigenvalue weighted by molar-refractivity contribution is -0.143. The summed E-state index contributed by atoms with van der Waals surface area (Å²) in [7, 11) is 0. The molecule has 0 fully saturated rings. The van der Waals surface area contributed by atoms with Gasteiger partial charge in [0.1, 0.15) is 18.7 Å². The summed E-state index contributed by atoms with van der Waals surface area (Å²) in [6.45, 7) is 0.726. The molecule has 0 aliphatic heterocycles. The van der Waals surface area contributed by atoms with Crippen LogP contribution in [0.2, 0.25) is 0 Å².